The monoisotopic (exact) mass is 542 g/mol. The van der Waals surface area contributed by atoms with Crippen LogP contribution >= 0.6 is 11.8 Å². The van der Waals surface area contributed by atoms with Gasteiger partial charge in [-0.3, -0.25) is 0 Å². The molecular formula is C40H30S. The largest absolute Gasteiger partial charge is 0.0888 e. The van der Waals surface area contributed by atoms with Crippen LogP contribution in [0.1, 0.15) is 43.2 Å². The first-order chi connectivity index (χ1) is 20.3. The molecule has 3 aliphatic rings. The molecule has 0 N–H and O–H groups in total. The van der Waals surface area contributed by atoms with Crippen molar-refractivity contribution in [3.05, 3.63) is 132 Å². The molecule has 6 aromatic rings. The average Bonchev–Trinajstić information content (AvgIpc) is 3.30. The van der Waals surface area contributed by atoms with E-state index in [1.807, 2.05) is 11.8 Å². The van der Waals surface area contributed by atoms with Crippen molar-refractivity contribution < 1.29 is 0 Å². The summed E-state index contributed by atoms with van der Waals surface area (Å²) >= 11 is 1.90. The maximum Gasteiger partial charge on any atom is 0.0215 e. The predicted molar refractivity (Wildman–Crippen MR) is 174 cm³/mol. The summed E-state index contributed by atoms with van der Waals surface area (Å²) < 4.78 is 0. The minimum Gasteiger partial charge on any atom is -0.0888 e. The molecule has 1 fully saturated rings. The van der Waals surface area contributed by atoms with E-state index in [0.717, 1.165) is 0 Å². The summed E-state index contributed by atoms with van der Waals surface area (Å²) in [4.78, 5) is 2.70. The molecule has 0 unspecified atom stereocenters. The van der Waals surface area contributed by atoms with E-state index in [9.17, 15) is 0 Å². The third kappa shape index (κ3) is 3.36. The molecule has 196 valence electrons. The lowest BCUT2D eigenvalue weighted by Gasteiger charge is -2.36. The van der Waals surface area contributed by atoms with Crippen molar-refractivity contribution in [1.82, 2.24) is 0 Å². The van der Waals surface area contributed by atoms with Gasteiger partial charge in [-0.05, 0) is 92.1 Å². The SMILES string of the molecule is c1ccc2c(c1)Sc1ccc(-c3ccccc3-c3ccc4c(c3)C3(CCCCC3)c3ccccc3-4)c3cccc-2c13. The van der Waals surface area contributed by atoms with Gasteiger partial charge >= 0.3 is 0 Å². The lowest BCUT2D eigenvalue weighted by Crippen LogP contribution is -2.28. The smallest absolute Gasteiger partial charge is 0.0215 e. The van der Waals surface area contributed by atoms with Crippen molar-refractivity contribution in [1.29, 1.82) is 0 Å². The Labute approximate surface area is 246 Å². The minimum absolute atomic E-state index is 0.167. The van der Waals surface area contributed by atoms with E-state index in [0.29, 0.717) is 0 Å². The molecule has 6 aromatic carbocycles. The Hall–Kier alpha value is -4.07. The highest BCUT2D eigenvalue weighted by molar-refractivity contribution is 7.99. The normalized spacial score (nSPS) is 15.9. The zero-order chi connectivity index (χ0) is 27.0. The zero-order valence-electron chi connectivity index (χ0n) is 23.0. The van der Waals surface area contributed by atoms with Gasteiger partial charge in [0.1, 0.15) is 0 Å². The Kier molecular flexibility index (Phi) is 5.16. The molecule has 1 aliphatic heterocycles. The van der Waals surface area contributed by atoms with Crippen molar-refractivity contribution >= 4 is 22.5 Å². The van der Waals surface area contributed by atoms with Crippen LogP contribution in [0.3, 0.4) is 0 Å². The number of rotatable bonds is 2. The van der Waals surface area contributed by atoms with E-state index in [1.54, 1.807) is 11.1 Å². The van der Waals surface area contributed by atoms with Gasteiger partial charge in [0.25, 0.3) is 0 Å². The van der Waals surface area contributed by atoms with Gasteiger partial charge in [0.2, 0.25) is 0 Å². The van der Waals surface area contributed by atoms with E-state index < -0.39 is 0 Å². The molecule has 0 saturated heterocycles. The quantitative estimate of drug-likeness (QED) is 0.209. The van der Waals surface area contributed by atoms with E-state index in [1.165, 1.54) is 97.2 Å². The minimum atomic E-state index is 0.167. The predicted octanol–water partition coefficient (Wildman–Crippen LogP) is 11.5. The van der Waals surface area contributed by atoms with Crippen LogP contribution in [0, 0.1) is 0 Å². The van der Waals surface area contributed by atoms with Crippen LogP contribution in [0.2, 0.25) is 0 Å². The number of hydrogen-bond acceptors (Lipinski definition) is 1. The first kappa shape index (κ1) is 23.6. The van der Waals surface area contributed by atoms with Crippen LogP contribution in [0.25, 0.3) is 55.3 Å². The molecule has 0 atom stereocenters. The first-order valence-electron chi connectivity index (χ1n) is 15.0. The standard InChI is InChI=1S/C40H30S/c1-8-23-40(24-9-1)35-17-6-4-13-30(35)31-20-19-26(25-36(31)40)27-11-2-3-12-28(27)29-21-22-38-39-33(29)15-10-16-34(39)32-14-5-7-18-37(32)41-38/h2-7,10-22,25H,1,8-9,23-24H2. The van der Waals surface area contributed by atoms with Crippen LogP contribution in [0.15, 0.2) is 131 Å². The van der Waals surface area contributed by atoms with Crippen LogP contribution < -0.4 is 0 Å². The summed E-state index contributed by atoms with van der Waals surface area (Å²) in [7, 11) is 0. The molecule has 1 saturated carbocycles. The third-order valence-electron chi connectivity index (χ3n) is 9.90. The van der Waals surface area contributed by atoms with Crippen molar-refractivity contribution in [3.63, 3.8) is 0 Å². The van der Waals surface area contributed by atoms with E-state index in [4.69, 9.17) is 0 Å². The van der Waals surface area contributed by atoms with Crippen LogP contribution in [-0.2, 0) is 5.41 Å². The maximum absolute atomic E-state index is 2.55. The fourth-order valence-corrected chi connectivity index (χ4v) is 9.23. The van der Waals surface area contributed by atoms with E-state index in [2.05, 4.69) is 121 Å². The molecule has 41 heavy (non-hydrogen) atoms. The number of hydrogen-bond donors (Lipinski definition) is 0. The molecule has 0 amide bonds. The molecule has 0 aromatic heterocycles. The number of fused-ring (bicyclic) bond motifs is 7. The molecule has 0 nitrogen and oxygen atoms in total. The van der Waals surface area contributed by atoms with Crippen molar-refractivity contribution in [2.45, 2.75) is 47.3 Å². The van der Waals surface area contributed by atoms with Crippen molar-refractivity contribution in [3.8, 4) is 44.5 Å². The lowest BCUT2D eigenvalue weighted by atomic mass is 9.67. The Bertz CT molecular complexity index is 2010. The second kappa shape index (κ2) is 8.96. The fourth-order valence-electron chi connectivity index (χ4n) is 8.10. The number of benzene rings is 6. The Morgan fingerprint density at radius 1 is 0.439 bits per heavy atom. The Morgan fingerprint density at radius 2 is 1.12 bits per heavy atom. The van der Waals surface area contributed by atoms with Gasteiger partial charge in [-0.1, -0.05) is 134 Å². The Morgan fingerprint density at radius 3 is 2.00 bits per heavy atom. The maximum atomic E-state index is 2.55. The van der Waals surface area contributed by atoms with Gasteiger partial charge in [0.05, 0.1) is 0 Å². The van der Waals surface area contributed by atoms with Crippen molar-refractivity contribution in [2.24, 2.45) is 0 Å². The molecular weight excluding hydrogens is 513 g/mol. The van der Waals surface area contributed by atoms with Crippen molar-refractivity contribution in [2.75, 3.05) is 0 Å². The van der Waals surface area contributed by atoms with Gasteiger partial charge in [-0.25, -0.2) is 0 Å². The zero-order valence-corrected chi connectivity index (χ0v) is 23.8. The molecule has 1 heterocycles. The van der Waals surface area contributed by atoms with Crippen LogP contribution in [-0.4, -0.2) is 0 Å². The molecule has 1 spiro atoms. The highest BCUT2D eigenvalue weighted by Crippen LogP contribution is 2.57. The summed E-state index contributed by atoms with van der Waals surface area (Å²) in [5, 5.41) is 2.72. The summed E-state index contributed by atoms with van der Waals surface area (Å²) in [5.74, 6) is 0. The molecule has 1 heteroatoms. The highest BCUT2D eigenvalue weighted by Gasteiger charge is 2.43. The summed E-state index contributed by atoms with van der Waals surface area (Å²) in [6.45, 7) is 0. The fraction of sp³-hybridized carbons (Fsp3) is 0.150. The third-order valence-corrected chi connectivity index (χ3v) is 11.0. The van der Waals surface area contributed by atoms with E-state index in [-0.39, 0.29) is 5.41 Å². The second-order valence-corrected chi connectivity index (χ2v) is 13.0. The van der Waals surface area contributed by atoms with Gasteiger partial charge in [0, 0.05) is 20.6 Å². The van der Waals surface area contributed by atoms with Gasteiger partial charge in [-0.2, -0.15) is 0 Å². The highest BCUT2D eigenvalue weighted by atomic mass is 32.2. The van der Waals surface area contributed by atoms with Crippen LogP contribution in [0.5, 0.6) is 0 Å². The molecule has 9 rings (SSSR count). The molecule has 0 radical (unpaired) electrons. The summed E-state index contributed by atoms with van der Waals surface area (Å²) in [6.07, 6.45) is 6.51. The average molecular weight is 543 g/mol. The lowest BCUT2D eigenvalue weighted by molar-refractivity contribution is 0.353. The topological polar surface area (TPSA) is 0 Å². The summed E-state index contributed by atoms with van der Waals surface area (Å²) in [5.41, 5.74) is 14.1. The summed E-state index contributed by atoms with van der Waals surface area (Å²) in [6, 6.07) is 45.9. The van der Waals surface area contributed by atoms with E-state index >= 15 is 0 Å². The van der Waals surface area contributed by atoms with Gasteiger partial charge in [-0.15, -0.1) is 0 Å². The Balaban J connectivity index is 1.24. The molecule has 2 aliphatic carbocycles. The first-order valence-corrected chi connectivity index (χ1v) is 15.8. The second-order valence-electron chi connectivity index (χ2n) is 11.9. The van der Waals surface area contributed by atoms with Gasteiger partial charge in [0.15, 0.2) is 0 Å². The van der Waals surface area contributed by atoms with Crippen LogP contribution in [0.4, 0.5) is 0 Å². The van der Waals surface area contributed by atoms with Gasteiger partial charge < -0.3 is 0 Å². The molecule has 0 bridgehead atoms.